The Hall–Kier alpha value is -1.46. The second-order valence-electron chi connectivity index (χ2n) is 7.43. The Labute approximate surface area is 187 Å². The number of nitrogens with one attached hydrogen (secondary N) is 1. The fraction of sp³-hybridized carbons (Fsp3) is 0.409. The number of carbonyl (C=O) groups excluding carboxylic acids is 1. The van der Waals surface area contributed by atoms with Crippen molar-refractivity contribution < 1.29 is 4.79 Å². The van der Waals surface area contributed by atoms with E-state index in [1.807, 2.05) is 48.2 Å². The first-order valence-electron chi connectivity index (χ1n) is 9.84. The van der Waals surface area contributed by atoms with Crippen LogP contribution < -0.4 is 5.32 Å². The molecule has 156 valence electrons. The number of hydrogen-bond donors (Lipinski definition) is 1. The van der Waals surface area contributed by atoms with Crippen molar-refractivity contribution in [1.82, 2.24) is 15.1 Å². The van der Waals surface area contributed by atoms with Gasteiger partial charge in [0.15, 0.2) is 0 Å². The maximum Gasteiger partial charge on any atom is 0.319 e. The second-order valence-corrected chi connectivity index (χ2v) is 8.63. The lowest BCUT2D eigenvalue weighted by atomic mass is 10.0. The van der Waals surface area contributed by atoms with E-state index in [-0.39, 0.29) is 18.2 Å². The Bertz CT molecular complexity index is 861. The van der Waals surface area contributed by atoms with Gasteiger partial charge < -0.3 is 10.2 Å². The molecule has 3 rings (SSSR count). The Morgan fingerprint density at radius 2 is 1.86 bits per heavy atom. The van der Waals surface area contributed by atoms with Crippen molar-refractivity contribution in [2.45, 2.75) is 44.9 Å². The van der Waals surface area contributed by atoms with Crippen LogP contribution in [0, 0.1) is 0 Å². The smallest absolute Gasteiger partial charge is 0.319 e. The van der Waals surface area contributed by atoms with Crippen molar-refractivity contribution in [1.29, 1.82) is 0 Å². The highest BCUT2D eigenvalue weighted by molar-refractivity contribution is 6.42. The number of urea groups is 1. The minimum absolute atomic E-state index is 0.0138. The van der Waals surface area contributed by atoms with E-state index in [1.165, 1.54) is 0 Å². The number of hydrogen-bond acceptors (Lipinski definition) is 2. The molecule has 0 bridgehead atoms. The van der Waals surface area contributed by atoms with Crippen molar-refractivity contribution in [2.75, 3.05) is 13.6 Å². The van der Waals surface area contributed by atoms with Crippen LogP contribution >= 0.6 is 34.8 Å². The lowest BCUT2D eigenvalue weighted by molar-refractivity contribution is 0.0337. The minimum Gasteiger partial charge on any atom is -0.334 e. The van der Waals surface area contributed by atoms with Crippen molar-refractivity contribution in [3.8, 4) is 0 Å². The van der Waals surface area contributed by atoms with Gasteiger partial charge in [-0.05, 0) is 63.0 Å². The molecule has 7 heteroatoms. The van der Waals surface area contributed by atoms with Gasteiger partial charge in [-0.2, -0.15) is 0 Å². The van der Waals surface area contributed by atoms with Gasteiger partial charge >= 0.3 is 6.03 Å². The lowest BCUT2D eigenvalue weighted by Gasteiger charge is -2.44. The number of halogens is 3. The van der Waals surface area contributed by atoms with Crippen LogP contribution in [-0.4, -0.2) is 35.6 Å². The molecule has 1 heterocycles. The van der Waals surface area contributed by atoms with Crippen molar-refractivity contribution >= 4 is 40.8 Å². The molecule has 1 fully saturated rings. The Morgan fingerprint density at radius 3 is 2.59 bits per heavy atom. The van der Waals surface area contributed by atoms with Gasteiger partial charge in [0.25, 0.3) is 0 Å². The summed E-state index contributed by atoms with van der Waals surface area (Å²) in [4.78, 5) is 17.5. The van der Waals surface area contributed by atoms with Crippen LogP contribution in [0.2, 0.25) is 15.1 Å². The first-order chi connectivity index (χ1) is 13.9. The molecule has 2 aromatic rings. The lowest BCUT2D eigenvalue weighted by Crippen LogP contribution is -2.55. The molecule has 2 atom stereocenters. The van der Waals surface area contributed by atoms with Crippen LogP contribution in [0.3, 0.4) is 0 Å². The van der Waals surface area contributed by atoms with Crippen LogP contribution in [0.4, 0.5) is 4.79 Å². The third-order valence-electron chi connectivity index (χ3n) is 5.52. The quantitative estimate of drug-likeness (QED) is 0.570. The first-order valence-corrected chi connectivity index (χ1v) is 11.0. The normalized spacial score (nSPS) is 18.3. The molecule has 0 spiro atoms. The summed E-state index contributed by atoms with van der Waals surface area (Å²) in [5, 5.41) is 4.66. The molecule has 1 aliphatic heterocycles. The summed E-state index contributed by atoms with van der Waals surface area (Å²) < 4.78 is 0. The highest BCUT2D eigenvalue weighted by atomic mass is 35.5. The molecule has 1 N–H and O–H groups in total. The van der Waals surface area contributed by atoms with Crippen molar-refractivity contribution in [2.24, 2.45) is 0 Å². The summed E-state index contributed by atoms with van der Waals surface area (Å²) in [6, 6.07) is 12.7. The van der Waals surface area contributed by atoms with Gasteiger partial charge in [-0.25, -0.2) is 4.79 Å². The van der Waals surface area contributed by atoms with Crippen LogP contribution in [0.5, 0.6) is 0 Å². The molecule has 0 aromatic heterocycles. The van der Waals surface area contributed by atoms with E-state index < -0.39 is 0 Å². The highest BCUT2D eigenvalue weighted by Crippen LogP contribution is 2.35. The molecular weight excluding hydrogens is 429 g/mol. The van der Waals surface area contributed by atoms with Crippen molar-refractivity contribution in [3.63, 3.8) is 0 Å². The Kier molecular flexibility index (Phi) is 7.69. The van der Waals surface area contributed by atoms with Crippen LogP contribution in [0.1, 0.15) is 43.4 Å². The monoisotopic (exact) mass is 453 g/mol. The molecule has 1 unspecified atom stereocenters. The molecular formula is C22H26Cl3N3O. The fourth-order valence-electron chi connectivity index (χ4n) is 3.88. The highest BCUT2D eigenvalue weighted by Gasteiger charge is 2.34. The van der Waals surface area contributed by atoms with E-state index in [9.17, 15) is 4.79 Å². The molecule has 2 amide bonds. The van der Waals surface area contributed by atoms with Crippen molar-refractivity contribution in [3.05, 3.63) is 68.7 Å². The zero-order chi connectivity index (χ0) is 21.0. The van der Waals surface area contributed by atoms with E-state index in [2.05, 4.69) is 17.3 Å². The van der Waals surface area contributed by atoms with E-state index in [0.29, 0.717) is 21.6 Å². The molecule has 2 aromatic carbocycles. The average molecular weight is 455 g/mol. The number of nitrogens with zero attached hydrogens (tertiary/aromatic N) is 2. The maximum absolute atomic E-state index is 13.4. The first kappa shape index (κ1) is 22.2. The van der Waals surface area contributed by atoms with Gasteiger partial charge in [0.1, 0.15) is 0 Å². The SMILES string of the molecule is CC(c1cccc(Cl)c1Cl)N(C(=O)NCc1ccccc1Cl)[C@@H]1CCCCN1C. The average Bonchev–Trinajstić information content (AvgIpc) is 2.71. The molecule has 0 aliphatic carbocycles. The second kappa shape index (κ2) is 10.0. The van der Waals surface area contributed by atoms with E-state index in [0.717, 1.165) is 36.9 Å². The van der Waals surface area contributed by atoms with Gasteiger partial charge in [0.2, 0.25) is 0 Å². The summed E-state index contributed by atoms with van der Waals surface area (Å²) in [6.07, 6.45) is 3.12. The van der Waals surface area contributed by atoms with Crippen LogP contribution in [0.15, 0.2) is 42.5 Å². The van der Waals surface area contributed by atoms with Gasteiger partial charge in [-0.15, -0.1) is 0 Å². The summed E-state index contributed by atoms with van der Waals surface area (Å²) in [6.45, 7) is 3.31. The third kappa shape index (κ3) is 5.18. The largest absolute Gasteiger partial charge is 0.334 e. The summed E-state index contributed by atoms with van der Waals surface area (Å²) >= 11 is 19.0. The molecule has 0 saturated carbocycles. The number of likely N-dealkylation sites (tertiary alicyclic amines) is 1. The van der Waals surface area contributed by atoms with Gasteiger partial charge in [0.05, 0.1) is 22.3 Å². The summed E-state index contributed by atoms with van der Waals surface area (Å²) in [5.41, 5.74) is 1.72. The van der Waals surface area contributed by atoms with Crippen LogP contribution in [0.25, 0.3) is 0 Å². The summed E-state index contributed by atoms with van der Waals surface area (Å²) in [7, 11) is 2.06. The number of piperidine rings is 1. The van der Waals surface area contributed by atoms with E-state index in [4.69, 9.17) is 34.8 Å². The predicted octanol–water partition coefficient (Wildman–Crippen LogP) is 6.36. The Balaban J connectivity index is 1.87. The van der Waals surface area contributed by atoms with Gasteiger partial charge in [-0.3, -0.25) is 4.90 Å². The molecule has 1 aliphatic rings. The van der Waals surface area contributed by atoms with Crippen LogP contribution in [-0.2, 0) is 6.54 Å². The minimum atomic E-state index is -0.238. The van der Waals surface area contributed by atoms with Gasteiger partial charge in [0, 0.05) is 11.6 Å². The Morgan fingerprint density at radius 1 is 1.14 bits per heavy atom. The van der Waals surface area contributed by atoms with Gasteiger partial charge in [-0.1, -0.05) is 65.1 Å². The fourth-order valence-corrected chi connectivity index (χ4v) is 4.54. The number of benzene rings is 2. The zero-order valence-electron chi connectivity index (χ0n) is 16.7. The number of rotatable bonds is 5. The molecule has 0 radical (unpaired) electrons. The molecule has 4 nitrogen and oxygen atoms in total. The number of carbonyl (C=O) groups is 1. The third-order valence-corrected chi connectivity index (χ3v) is 6.73. The van der Waals surface area contributed by atoms with E-state index in [1.54, 1.807) is 6.07 Å². The zero-order valence-corrected chi connectivity index (χ0v) is 18.9. The predicted molar refractivity (Wildman–Crippen MR) is 121 cm³/mol. The summed E-state index contributed by atoms with van der Waals surface area (Å²) in [5.74, 6) is 0. The molecule has 29 heavy (non-hydrogen) atoms. The van der Waals surface area contributed by atoms with E-state index >= 15 is 0 Å². The maximum atomic E-state index is 13.4. The topological polar surface area (TPSA) is 35.6 Å². The number of amides is 2. The standard InChI is InChI=1S/C22H26Cl3N3O/c1-15(17-9-7-11-19(24)21(17)25)28(20-12-5-6-13-27(20)2)22(29)26-14-16-8-3-4-10-18(16)23/h3-4,7-11,15,20H,5-6,12-14H2,1-2H3,(H,26,29)/t15?,20-/m1/s1. The molecule has 1 saturated heterocycles.